The van der Waals surface area contributed by atoms with Crippen molar-refractivity contribution < 1.29 is 0 Å². The van der Waals surface area contributed by atoms with E-state index in [0.717, 1.165) is 11.8 Å². The maximum absolute atomic E-state index is 6.01. The van der Waals surface area contributed by atoms with Crippen LogP contribution in [-0.2, 0) is 0 Å². The first-order valence-electron chi connectivity index (χ1n) is 6.73. The van der Waals surface area contributed by atoms with E-state index in [9.17, 15) is 0 Å². The molecule has 2 unspecified atom stereocenters. The molecule has 2 heteroatoms. The molecule has 2 N–H and O–H groups in total. The molecule has 0 aromatic heterocycles. The van der Waals surface area contributed by atoms with Gasteiger partial charge >= 0.3 is 0 Å². The van der Waals surface area contributed by atoms with Crippen molar-refractivity contribution in [2.45, 2.75) is 51.5 Å². The van der Waals surface area contributed by atoms with Gasteiger partial charge < -0.3 is 10.6 Å². The molecular weight excluding hydrogens is 184 g/mol. The quantitative estimate of drug-likeness (QED) is 0.774. The zero-order chi connectivity index (χ0) is 10.7. The molecule has 0 bridgehead atoms. The highest BCUT2D eigenvalue weighted by molar-refractivity contribution is 4.80. The molecule has 1 saturated heterocycles. The van der Waals surface area contributed by atoms with Crippen LogP contribution in [0.3, 0.4) is 0 Å². The molecule has 2 aliphatic rings. The maximum atomic E-state index is 6.01. The highest BCUT2D eigenvalue weighted by Crippen LogP contribution is 2.27. The first-order chi connectivity index (χ1) is 7.25. The molecule has 88 valence electrons. The number of rotatable bonds is 3. The zero-order valence-electron chi connectivity index (χ0n) is 10.1. The minimum Gasteiger partial charge on any atom is -0.328 e. The van der Waals surface area contributed by atoms with E-state index in [0.29, 0.717) is 6.04 Å². The highest BCUT2D eigenvalue weighted by Gasteiger charge is 2.25. The minimum atomic E-state index is 0.386. The molecule has 2 nitrogen and oxygen atoms in total. The molecule has 0 radical (unpaired) electrons. The number of hydrogen-bond donors (Lipinski definition) is 1. The van der Waals surface area contributed by atoms with Crippen LogP contribution in [0.1, 0.15) is 45.4 Å². The fraction of sp³-hybridized carbons (Fsp3) is 1.00. The third-order valence-corrected chi connectivity index (χ3v) is 4.28. The van der Waals surface area contributed by atoms with Gasteiger partial charge in [0.1, 0.15) is 0 Å². The van der Waals surface area contributed by atoms with Gasteiger partial charge in [0.2, 0.25) is 0 Å². The summed E-state index contributed by atoms with van der Waals surface area (Å²) in [4.78, 5) is 2.67. The molecule has 15 heavy (non-hydrogen) atoms. The summed E-state index contributed by atoms with van der Waals surface area (Å²) in [6.45, 7) is 6.10. The van der Waals surface area contributed by atoms with E-state index in [1.807, 2.05) is 0 Å². The first kappa shape index (κ1) is 11.4. The van der Waals surface area contributed by atoms with Gasteiger partial charge in [0, 0.05) is 19.1 Å². The molecule has 0 spiro atoms. The molecule has 1 saturated carbocycles. The molecule has 1 heterocycles. The number of piperidine rings is 1. The monoisotopic (exact) mass is 210 g/mol. The number of nitrogens with two attached hydrogens (primary N) is 1. The second kappa shape index (κ2) is 5.31. The fourth-order valence-electron chi connectivity index (χ4n) is 3.24. The average molecular weight is 210 g/mol. The fourth-order valence-corrected chi connectivity index (χ4v) is 3.24. The van der Waals surface area contributed by atoms with Gasteiger partial charge in [0.15, 0.2) is 0 Å². The Balaban J connectivity index is 1.76. The summed E-state index contributed by atoms with van der Waals surface area (Å²) in [7, 11) is 0. The number of hydrogen-bond acceptors (Lipinski definition) is 2. The van der Waals surface area contributed by atoms with Gasteiger partial charge in [0.25, 0.3) is 0 Å². The standard InChI is InChI=1S/C13H26N2/c1-11(14)13-7-4-8-15(10-13)9-12-5-2-3-6-12/h11-13H,2-10,14H2,1H3. The first-order valence-corrected chi connectivity index (χ1v) is 6.73. The predicted octanol–water partition coefficient (Wildman–Crippen LogP) is 2.24. The summed E-state index contributed by atoms with van der Waals surface area (Å²) < 4.78 is 0. The van der Waals surface area contributed by atoms with E-state index >= 15 is 0 Å². The van der Waals surface area contributed by atoms with Gasteiger partial charge in [-0.2, -0.15) is 0 Å². The second-order valence-corrected chi connectivity index (χ2v) is 5.67. The van der Waals surface area contributed by atoms with Crippen LogP contribution in [0.2, 0.25) is 0 Å². The van der Waals surface area contributed by atoms with Gasteiger partial charge in [-0.25, -0.2) is 0 Å². The zero-order valence-corrected chi connectivity index (χ0v) is 10.1. The van der Waals surface area contributed by atoms with Crippen molar-refractivity contribution in [2.75, 3.05) is 19.6 Å². The Kier molecular flexibility index (Phi) is 4.04. The molecule has 1 aliphatic carbocycles. The van der Waals surface area contributed by atoms with Gasteiger partial charge in [-0.1, -0.05) is 12.8 Å². The van der Waals surface area contributed by atoms with E-state index in [1.54, 1.807) is 0 Å². The predicted molar refractivity (Wildman–Crippen MR) is 64.8 cm³/mol. The van der Waals surface area contributed by atoms with Crippen LogP contribution in [0.5, 0.6) is 0 Å². The Labute approximate surface area is 94.2 Å². The minimum absolute atomic E-state index is 0.386. The number of likely N-dealkylation sites (tertiary alicyclic amines) is 1. The van der Waals surface area contributed by atoms with Crippen molar-refractivity contribution in [3.63, 3.8) is 0 Å². The van der Waals surface area contributed by atoms with Crippen molar-refractivity contribution in [2.24, 2.45) is 17.6 Å². The summed E-state index contributed by atoms with van der Waals surface area (Å²) in [5.41, 5.74) is 6.01. The summed E-state index contributed by atoms with van der Waals surface area (Å²) >= 11 is 0. The SMILES string of the molecule is CC(N)C1CCCN(CC2CCCC2)C1. The van der Waals surface area contributed by atoms with Crippen LogP contribution >= 0.6 is 0 Å². The molecule has 1 aliphatic heterocycles. The normalized spacial score (nSPS) is 32.0. The topological polar surface area (TPSA) is 29.3 Å². The summed E-state index contributed by atoms with van der Waals surface area (Å²) in [5, 5.41) is 0. The summed E-state index contributed by atoms with van der Waals surface area (Å²) in [6, 6.07) is 0.386. The lowest BCUT2D eigenvalue weighted by Gasteiger charge is -2.35. The molecular formula is C13H26N2. The Morgan fingerprint density at radius 3 is 2.60 bits per heavy atom. The van der Waals surface area contributed by atoms with Crippen LogP contribution in [0.4, 0.5) is 0 Å². The third-order valence-electron chi connectivity index (χ3n) is 4.28. The molecule has 2 atom stereocenters. The van der Waals surface area contributed by atoms with Crippen LogP contribution in [0, 0.1) is 11.8 Å². The van der Waals surface area contributed by atoms with Gasteiger partial charge in [-0.3, -0.25) is 0 Å². The molecule has 0 aromatic carbocycles. The Hall–Kier alpha value is -0.0800. The van der Waals surface area contributed by atoms with E-state index < -0.39 is 0 Å². The van der Waals surface area contributed by atoms with E-state index in [-0.39, 0.29) is 0 Å². The largest absolute Gasteiger partial charge is 0.328 e. The van der Waals surface area contributed by atoms with Gasteiger partial charge in [-0.05, 0) is 51.0 Å². The lowest BCUT2D eigenvalue weighted by molar-refractivity contribution is 0.141. The van der Waals surface area contributed by atoms with E-state index in [2.05, 4.69) is 11.8 Å². The summed E-state index contributed by atoms with van der Waals surface area (Å²) in [6.07, 6.45) is 8.58. The average Bonchev–Trinajstić information content (AvgIpc) is 2.71. The molecule has 0 amide bonds. The van der Waals surface area contributed by atoms with Crippen molar-refractivity contribution in [3.05, 3.63) is 0 Å². The van der Waals surface area contributed by atoms with Crippen molar-refractivity contribution in [1.82, 2.24) is 4.90 Å². The smallest absolute Gasteiger partial charge is 0.00509 e. The molecule has 2 rings (SSSR count). The van der Waals surface area contributed by atoms with Crippen LogP contribution < -0.4 is 5.73 Å². The van der Waals surface area contributed by atoms with Crippen molar-refractivity contribution >= 4 is 0 Å². The van der Waals surface area contributed by atoms with Gasteiger partial charge in [-0.15, -0.1) is 0 Å². The van der Waals surface area contributed by atoms with Crippen LogP contribution in [0.15, 0.2) is 0 Å². The highest BCUT2D eigenvalue weighted by atomic mass is 15.1. The lowest BCUT2D eigenvalue weighted by Crippen LogP contribution is -2.43. The van der Waals surface area contributed by atoms with Crippen molar-refractivity contribution in [1.29, 1.82) is 0 Å². The molecule has 0 aromatic rings. The van der Waals surface area contributed by atoms with E-state index in [1.165, 1.54) is 58.2 Å². The second-order valence-electron chi connectivity index (χ2n) is 5.67. The third kappa shape index (κ3) is 3.18. The summed E-state index contributed by atoms with van der Waals surface area (Å²) in [5.74, 6) is 1.75. The van der Waals surface area contributed by atoms with Crippen molar-refractivity contribution in [3.8, 4) is 0 Å². The Morgan fingerprint density at radius 2 is 1.93 bits per heavy atom. The number of nitrogens with zero attached hydrogens (tertiary/aromatic N) is 1. The Morgan fingerprint density at radius 1 is 1.20 bits per heavy atom. The van der Waals surface area contributed by atoms with Crippen LogP contribution in [0.25, 0.3) is 0 Å². The van der Waals surface area contributed by atoms with Gasteiger partial charge in [0.05, 0.1) is 0 Å². The van der Waals surface area contributed by atoms with E-state index in [4.69, 9.17) is 5.73 Å². The molecule has 2 fully saturated rings. The van der Waals surface area contributed by atoms with Crippen LogP contribution in [-0.4, -0.2) is 30.6 Å². The Bertz CT molecular complexity index is 183. The maximum Gasteiger partial charge on any atom is 0.00509 e. The lowest BCUT2D eigenvalue weighted by atomic mass is 9.91.